The largest absolute Gasteiger partial charge is 0.409 e. The molecule has 0 aromatic rings. The highest BCUT2D eigenvalue weighted by molar-refractivity contribution is 5.98. The third-order valence-corrected chi connectivity index (χ3v) is 5.05. The Morgan fingerprint density at radius 3 is 2.67 bits per heavy atom. The molecule has 0 aromatic carbocycles. The van der Waals surface area contributed by atoms with E-state index in [4.69, 9.17) is 10.9 Å². The van der Waals surface area contributed by atoms with Gasteiger partial charge in [-0.3, -0.25) is 4.79 Å². The molecular formula is C13H23N3O2. The Hall–Kier alpha value is -1.26. The Morgan fingerprint density at radius 1 is 1.50 bits per heavy atom. The minimum absolute atomic E-state index is 0.0379. The summed E-state index contributed by atoms with van der Waals surface area (Å²) >= 11 is 0. The van der Waals surface area contributed by atoms with Crippen LogP contribution in [0, 0.1) is 16.7 Å². The molecule has 102 valence electrons. The van der Waals surface area contributed by atoms with Crippen LogP contribution in [0.5, 0.6) is 0 Å². The van der Waals surface area contributed by atoms with Crippen molar-refractivity contribution < 1.29 is 10.0 Å². The number of fused-ring (bicyclic) bond motifs is 2. The molecule has 5 nitrogen and oxygen atoms in total. The number of amidine groups is 1. The van der Waals surface area contributed by atoms with Crippen LogP contribution in [0.3, 0.4) is 0 Å². The fourth-order valence-corrected chi connectivity index (χ4v) is 4.07. The lowest BCUT2D eigenvalue weighted by atomic mass is 9.68. The smallest absolute Gasteiger partial charge is 0.227 e. The van der Waals surface area contributed by atoms with Gasteiger partial charge >= 0.3 is 0 Å². The van der Waals surface area contributed by atoms with E-state index in [1.54, 1.807) is 0 Å². The number of hydrogen-bond acceptors (Lipinski definition) is 3. The number of nitrogens with zero attached hydrogens (tertiary/aromatic N) is 1. The maximum Gasteiger partial charge on any atom is 0.227 e. The van der Waals surface area contributed by atoms with E-state index < -0.39 is 0 Å². The predicted molar refractivity (Wildman–Crippen MR) is 69.2 cm³/mol. The topological polar surface area (TPSA) is 87.7 Å². The Kier molecular flexibility index (Phi) is 3.03. The highest BCUT2D eigenvalue weighted by Gasteiger charge is 2.59. The number of nitrogens with one attached hydrogen (secondary N) is 1. The fraction of sp³-hybridized carbons (Fsp3) is 0.846. The molecule has 3 atom stereocenters. The minimum Gasteiger partial charge on any atom is -0.409 e. The molecule has 2 bridgehead atoms. The summed E-state index contributed by atoms with van der Waals surface area (Å²) in [5, 5.41) is 14.4. The van der Waals surface area contributed by atoms with Gasteiger partial charge in [-0.05, 0) is 36.0 Å². The molecule has 0 saturated heterocycles. The zero-order valence-corrected chi connectivity index (χ0v) is 11.4. The number of oxime groups is 1. The normalized spacial score (nSPS) is 37.8. The number of nitrogens with two attached hydrogens (primary N) is 1. The highest BCUT2D eigenvalue weighted by Crippen LogP contribution is 2.62. The SMILES string of the molecule is CC12CCC(C1)C(C)(C)C2NC(=O)CC(N)=NO. The molecule has 0 radical (unpaired) electrons. The molecule has 2 aliphatic carbocycles. The van der Waals surface area contributed by atoms with E-state index in [0.29, 0.717) is 5.92 Å². The van der Waals surface area contributed by atoms with Gasteiger partial charge in [0.05, 0.1) is 6.42 Å². The first-order valence-corrected chi connectivity index (χ1v) is 6.55. The molecular weight excluding hydrogens is 230 g/mol. The zero-order valence-electron chi connectivity index (χ0n) is 11.4. The van der Waals surface area contributed by atoms with E-state index in [2.05, 4.69) is 31.2 Å². The Balaban J connectivity index is 2.07. The second-order valence-electron chi connectivity index (χ2n) is 6.68. The molecule has 4 N–H and O–H groups in total. The molecule has 5 heteroatoms. The molecule has 1 amide bonds. The van der Waals surface area contributed by atoms with E-state index in [1.807, 2.05) is 0 Å². The second kappa shape index (κ2) is 4.14. The van der Waals surface area contributed by atoms with Crippen LogP contribution in [0.15, 0.2) is 5.16 Å². The first kappa shape index (κ1) is 13.2. The van der Waals surface area contributed by atoms with Crippen molar-refractivity contribution in [2.24, 2.45) is 27.6 Å². The van der Waals surface area contributed by atoms with Gasteiger partial charge in [0.1, 0.15) is 5.84 Å². The number of amides is 1. The van der Waals surface area contributed by atoms with Crippen LogP contribution in [0.25, 0.3) is 0 Å². The molecule has 2 rings (SSSR count). The van der Waals surface area contributed by atoms with Crippen molar-refractivity contribution in [3.8, 4) is 0 Å². The summed E-state index contributed by atoms with van der Waals surface area (Å²) in [5.74, 6) is 0.493. The first-order valence-electron chi connectivity index (χ1n) is 6.55. The van der Waals surface area contributed by atoms with Crippen molar-refractivity contribution in [2.75, 3.05) is 0 Å². The first-order chi connectivity index (χ1) is 8.29. The standard InChI is InChI=1S/C13H23N3O2/c1-12(2)8-4-5-13(3,7-8)11(12)15-10(17)6-9(14)16-18/h8,11,18H,4-7H2,1-3H3,(H2,14,16)(H,15,17). The Morgan fingerprint density at radius 2 is 2.17 bits per heavy atom. The van der Waals surface area contributed by atoms with Crippen molar-refractivity contribution in [2.45, 2.75) is 52.5 Å². The summed E-state index contributed by atoms with van der Waals surface area (Å²) in [7, 11) is 0. The lowest BCUT2D eigenvalue weighted by Crippen LogP contribution is -2.52. The third-order valence-electron chi connectivity index (χ3n) is 5.05. The van der Waals surface area contributed by atoms with E-state index in [1.165, 1.54) is 19.3 Å². The van der Waals surface area contributed by atoms with Gasteiger partial charge in [0.25, 0.3) is 0 Å². The van der Waals surface area contributed by atoms with E-state index in [-0.39, 0.29) is 35.0 Å². The predicted octanol–water partition coefficient (Wildman–Crippen LogP) is 1.45. The van der Waals surface area contributed by atoms with Crippen LogP contribution in [0.1, 0.15) is 46.5 Å². The maximum atomic E-state index is 11.9. The van der Waals surface area contributed by atoms with Crippen LogP contribution < -0.4 is 11.1 Å². The number of rotatable bonds is 3. The van der Waals surface area contributed by atoms with Crippen LogP contribution in [0.2, 0.25) is 0 Å². The zero-order chi connectivity index (χ0) is 13.6. The fourth-order valence-electron chi connectivity index (χ4n) is 4.07. The molecule has 18 heavy (non-hydrogen) atoms. The lowest BCUT2D eigenvalue weighted by Gasteiger charge is -2.43. The number of hydrogen-bond donors (Lipinski definition) is 3. The van der Waals surface area contributed by atoms with Crippen molar-refractivity contribution in [3.05, 3.63) is 0 Å². The molecule has 0 aromatic heterocycles. The molecule has 0 heterocycles. The highest BCUT2D eigenvalue weighted by atomic mass is 16.4. The molecule has 0 aliphatic heterocycles. The summed E-state index contributed by atoms with van der Waals surface area (Å²) in [5.41, 5.74) is 5.70. The average Bonchev–Trinajstić information content (AvgIpc) is 2.75. The van der Waals surface area contributed by atoms with Crippen LogP contribution in [-0.4, -0.2) is 23.0 Å². The second-order valence-corrected chi connectivity index (χ2v) is 6.68. The van der Waals surface area contributed by atoms with Gasteiger partial charge in [-0.1, -0.05) is 25.9 Å². The molecule has 2 aliphatic rings. The van der Waals surface area contributed by atoms with Crippen molar-refractivity contribution in [1.82, 2.24) is 5.32 Å². The molecule has 2 fully saturated rings. The summed E-state index contributed by atoms with van der Waals surface area (Å²) in [4.78, 5) is 11.9. The lowest BCUT2D eigenvalue weighted by molar-refractivity contribution is -0.122. The van der Waals surface area contributed by atoms with E-state index >= 15 is 0 Å². The van der Waals surface area contributed by atoms with Crippen LogP contribution in [0.4, 0.5) is 0 Å². The molecule has 0 spiro atoms. The summed E-state index contributed by atoms with van der Waals surface area (Å²) < 4.78 is 0. The van der Waals surface area contributed by atoms with Gasteiger partial charge in [-0.25, -0.2) is 0 Å². The number of carbonyl (C=O) groups excluding carboxylic acids is 1. The summed E-state index contributed by atoms with van der Waals surface area (Å²) in [6, 6.07) is 0.183. The summed E-state index contributed by atoms with van der Waals surface area (Å²) in [6.45, 7) is 6.73. The van der Waals surface area contributed by atoms with Crippen molar-refractivity contribution >= 4 is 11.7 Å². The molecule has 2 saturated carbocycles. The summed E-state index contributed by atoms with van der Waals surface area (Å²) in [6.07, 6.45) is 3.59. The van der Waals surface area contributed by atoms with Crippen LogP contribution in [-0.2, 0) is 4.79 Å². The Bertz CT molecular complexity index is 387. The van der Waals surface area contributed by atoms with Gasteiger partial charge in [0.2, 0.25) is 5.91 Å². The van der Waals surface area contributed by atoms with Gasteiger partial charge in [-0.15, -0.1) is 0 Å². The van der Waals surface area contributed by atoms with Crippen molar-refractivity contribution in [3.63, 3.8) is 0 Å². The van der Waals surface area contributed by atoms with Gasteiger partial charge in [-0.2, -0.15) is 0 Å². The van der Waals surface area contributed by atoms with Gasteiger partial charge < -0.3 is 16.3 Å². The van der Waals surface area contributed by atoms with Gasteiger partial charge in [0.15, 0.2) is 0 Å². The Labute approximate surface area is 108 Å². The quantitative estimate of drug-likeness (QED) is 0.308. The van der Waals surface area contributed by atoms with Gasteiger partial charge in [0, 0.05) is 6.04 Å². The maximum absolute atomic E-state index is 11.9. The minimum atomic E-state index is -0.155. The van der Waals surface area contributed by atoms with Crippen molar-refractivity contribution in [1.29, 1.82) is 0 Å². The van der Waals surface area contributed by atoms with E-state index in [0.717, 1.165) is 0 Å². The van der Waals surface area contributed by atoms with Crippen LogP contribution >= 0.6 is 0 Å². The molecule has 3 unspecified atom stereocenters. The average molecular weight is 253 g/mol. The van der Waals surface area contributed by atoms with E-state index in [9.17, 15) is 4.79 Å². The monoisotopic (exact) mass is 253 g/mol. The number of carbonyl (C=O) groups is 1. The third kappa shape index (κ3) is 1.95.